The molecule has 1 saturated heterocycles. The van der Waals surface area contributed by atoms with Gasteiger partial charge in [0.15, 0.2) is 0 Å². The molecule has 5 heteroatoms. The van der Waals surface area contributed by atoms with Crippen LogP contribution in [0.2, 0.25) is 0 Å². The number of carbonyl (C=O) groups is 1. The maximum atomic E-state index is 13.2. The first-order valence-electron chi connectivity index (χ1n) is 8.76. The van der Waals surface area contributed by atoms with Crippen molar-refractivity contribution in [3.05, 3.63) is 52.3 Å². The van der Waals surface area contributed by atoms with Gasteiger partial charge < -0.3 is 9.72 Å². The molecule has 1 N–H and O–H groups in total. The van der Waals surface area contributed by atoms with Crippen molar-refractivity contribution in [2.24, 2.45) is 23.7 Å². The Balaban J connectivity index is 1.62. The number of nitrogens with zero attached hydrogens (tertiary/aromatic N) is 1. The predicted molar refractivity (Wildman–Crippen MR) is 95.3 cm³/mol. The van der Waals surface area contributed by atoms with Gasteiger partial charge in [0.05, 0.1) is 11.4 Å². The lowest BCUT2D eigenvalue weighted by atomic mass is 9.85. The number of nitrogens with one attached hydrogen (secondary N) is 1. The number of fused-ring (bicyclic) bond motifs is 6. The predicted octanol–water partition coefficient (Wildman–Crippen LogP) is 2.59. The lowest BCUT2D eigenvalue weighted by molar-refractivity contribution is -0.121. The molecule has 2 aromatic rings. The molecule has 5 rings (SSSR count). The minimum Gasteiger partial charge on any atom is -0.361 e. The van der Waals surface area contributed by atoms with Crippen LogP contribution in [0.1, 0.15) is 12.0 Å². The summed E-state index contributed by atoms with van der Waals surface area (Å²) in [4.78, 5) is 29.6. The third-order valence-electron chi connectivity index (χ3n) is 6.18. The molecule has 1 aliphatic heterocycles. The van der Waals surface area contributed by atoms with Crippen molar-refractivity contribution >= 4 is 22.5 Å². The number of carbonyl (C=O) groups excluding carboxylic acids is 1. The number of pyridine rings is 1. The average Bonchev–Trinajstić information content (AvgIpc) is 3.26. The van der Waals surface area contributed by atoms with Crippen molar-refractivity contribution in [2.75, 3.05) is 12.0 Å². The van der Waals surface area contributed by atoms with Gasteiger partial charge in [-0.3, -0.25) is 14.5 Å². The number of amides is 1. The van der Waals surface area contributed by atoms with Gasteiger partial charge in [-0.05, 0) is 42.9 Å². The van der Waals surface area contributed by atoms with Crippen molar-refractivity contribution in [3.63, 3.8) is 0 Å². The fourth-order valence-corrected chi connectivity index (χ4v) is 5.16. The van der Waals surface area contributed by atoms with E-state index in [1.807, 2.05) is 25.1 Å². The van der Waals surface area contributed by atoms with Gasteiger partial charge in [-0.2, -0.15) is 0 Å². The van der Waals surface area contributed by atoms with Crippen molar-refractivity contribution in [3.8, 4) is 0 Å². The van der Waals surface area contributed by atoms with E-state index in [1.54, 1.807) is 18.1 Å². The minimum atomic E-state index is -0.244. The summed E-state index contributed by atoms with van der Waals surface area (Å²) in [6.45, 7) is 1.92. The second-order valence-electron chi connectivity index (χ2n) is 7.43. The van der Waals surface area contributed by atoms with Crippen LogP contribution < -0.4 is 10.5 Å². The molecule has 0 spiro atoms. The van der Waals surface area contributed by atoms with Crippen LogP contribution in [0.3, 0.4) is 0 Å². The molecule has 1 unspecified atom stereocenters. The molecule has 1 aromatic heterocycles. The monoisotopic (exact) mass is 336 g/mol. The molecule has 128 valence electrons. The Labute approximate surface area is 145 Å². The van der Waals surface area contributed by atoms with Crippen molar-refractivity contribution in [1.82, 2.24) is 4.98 Å². The maximum Gasteiger partial charge on any atom is 0.248 e. The fourth-order valence-electron chi connectivity index (χ4n) is 5.16. The second kappa shape index (κ2) is 5.05. The highest BCUT2D eigenvalue weighted by molar-refractivity contribution is 6.00. The van der Waals surface area contributed by atoms with Crippen LogP contribution in [-0.4, -0.2) is 24.2 Å². The molecular formula is C20H20N2O3. The van der Waals surface area contributed by atoms with E-state index in [0.717, 1.165) is 28.6 Å². The minimum absolute atomic E-state index is 0.0206. The van der Waals surface area contributed by atoms with Crippen LogP contribution in [0, 0.1) is 30.6 Å². The third-order valence-corrected chi connectivity index (χ3v) is 6.18. The average molecular weight is 336 g/mol. The summed E-state index contributed by atoms with van der Waals surface area (Å²) >= 11 is 0. The first kappa shape index (κ1) is 14.9. The van der Waals surface area contributed by atoms with Crippen molar-refractivity contribution in [1.29, 1.82) is 0 Å². The van der Waals surface area contributed by atoms with Gasteiger partial charge in [0.2, 0.25) is 11.5 Å². The summed E-state index contributed by atoms with van der Waals surface area (Å²) in [6.07, 6.45) is 5.27. The van der Waals surface area contributed by atoms with Gasteiger partial charge in [0.1, 0.15) is 6.23 Å². The number of hydrogen-bond acceptors (Lipinski definition) is 3. The Hall–Kier alpha value is -2.40. The van der Waals surface area contributed by atoms with Gasteiger partial charge in [-0.15, -0.1) is 0 Å². The summed E-state index contributed by atoms with van der Waals surface area (Å²) in [7, 11) is 1.68. The highest BCUT2D eigenvalue weighted by atomic mass is 16.5. The summed E-state index contributed by atoms with van der Waals surface area (Å²) in [5.74, 6) is 1.15. The Bertz CT molecular complexity index is 977. The van der Waals surface area contributed by atoms with Crippen LogP contribution in [0.25, 0.3) is 10.9 Å². The van der Waals surface area contributed by atoms with Gasteiger partial charge in [0.25, 0.3) is 0 Å². The summed E-state index contributed by atoms with van der Waals surface area (Å²) in [5.41, 5.74) is 2.35. The highest BCUT2D eigenvalue weighted by Crippen LogP contribution is 2.55. The van der Waals surface area contributed by atoms with Gasteiger partial charge in [-0.1, -0.05) is 18.2 Å². The molecule has 1 saturated carbocycles. The fraction of sp³-hybridized carbons (Fsp3) is 0.400. The van der Waals surface area contributed by atoms with Gasteiger partial charge in [-0.25, -0.2) is 0 Å². The Morgan fingerprint density at radius 1 is 1.16 bits per heavy atom. The molecule has 25 heavy (non-hydrogen) atoms. The SMILES string of the molecule is COC1[C@H]2[C@@H](C(=O)N1c1ccc3c(C)cc(=O)[nH]c3c1)[C@H]1C=C[C@@H]2C1. The number of anilines is 1. The second-order valence-corrected chi connectivity index (χ2v) is 7.43. The van der Waals surface area contributed by atoms with E-state index in [1.165, 1.54) is 0 Å². The van der Waals surface area contributed by atoms with Crippen LogP contribution in [0.15, 0.2) is 41.2 Å². The number of aromatic amines is 1. The molecule has 5 nitrogen and oxygen atoms in total. The number of hydrogen-bond donors (Lipinski definition) is 1. The van der Waals surface area contributed by atoms with Crippen LogP contribution >= 0.6 is 0 Å². The number of rotatable bonds is 2. The zero-order valence-corrected chi connectivity index (χ0v) is 14.2. The van der Waals surface area contributed by atoms with Crippen LogP contribution in [0.4, 0.5) is 5.69 Å². The molecule has 2 heterocycles. The first-order chi connectivity index (χ1) is 12.1. The zero-order chi connectivity index (χ0) is 17.3. The lowest BCUT2D eigenvalue weighted by Gasteiger charge is -2.28. The zero-order valence-electron chi connectivity index (χ0n) is 14.2. The molecule has 2 fully saturated rings. The number of benzene rings is 1. The van der Waals surface area contributed by atoms with E-state index >= 15 is 0 Å². The van der Waals surface area contributed by atoms with E-state index in [-0.39, 0.29) is 29.5 Å². The molecule has 3 aliphatic rings. The smallest absolute Gasteiger partial charge is 0.248 e. The number of allylic oxidation sites excluding steroid dienone is 2. The third kappa shape index (κ3) is 1.93. The van der Waals surface area contributed by atoms with E-state index in [9.17, 15) is 9.59 Å². The lowest BCUT2D eigenvalue weighted by Crippen LogP contribution is -2.38. The van der Waals surface area contributed by atoms with Gasteiger partial charge >= 0.3 is 0 Å². The van der Waals surface area contributed by atoms with Crippen LogP contribution in [-0.2, 0) is 9.53 Å². The molecule has 5 atom stereocenters. The van der Waals surface area contributed by atoms with Crippen molar-refractivity contribution in [2.45, 2.75) is 19.6 Å². The number of ether oxygens (including phenoxy) is 1. The topological polar surface area (TPSA) is 62.4 Å². The number of aryl methyl sites for hydroxylation is 1. The standard InChI is InChI=1S/C20H20N2O3/c1-10-7-16(23)21-15-9-13(5-6-14(10)15)22-19(24)17-11-3-4-12(8-11)18(17)20(22)25-2/h3-7,9,11-12,17-18,20H,8H2,1-2H3,(H,21,23)/t11-,12+,17-,18+,20?/m0/s1. The summed E-state index contributed by atoms with van der Waals surface area (Å²) in [6, 6.07) is 7.41. The number of H-pyrrole nitrogens is 1. The molecule has 1 aromatic carbocycles. The number of aromatic nitrogens is 1. The normalized spacial score (nSPS) is 32.8. The Kier molecular flexibility index (Phi) is 3.01. The quantitative estimate of drug-likeness (QED) is 0.858. The molecule has 2 aliphatic carbocycles. The molecule has 0 radical (unpaired) electrons. The molecular weight excluding hydrogens is 316 g/mol. The van der Waals surface area contributed by atoms with E-state index < -0.39 is 0 Å². The molecule has 2 bridgehead atoms. The molecule has 1 amide bonds. The summed E-state index contributed by atoms with van der Waals surface area (Å²) in [5, 5.41) is 0.992. The van der Waals surface area contributed by atoms with E-state index in [2.05, 4.69) is 17.1 Å². The first-order valence-corrected chi connectivity index (χ1v) is 8.76. The summed E-state index contributed by atoms with van der Waals surface area (Å²) < 4.78 is 5.77. The largest absolute Gasteiger partial charge is 0.361 e. The van der Waals surface area contributed by atoms with Gasteiger partial charge in [0, 0.05) is 30.2 Å². The Morgan fingerprint density at radius 2 is 1.96 bits per heavy atom. The van der Waals surface area contributed by atoms with E-state index in [0.29, 0.717) is 11.8 Å². The Morgan fingerprint density at radius 3 is 2.76 bits per heavy atom. The van der Waals surface area contributed by atoms with E-state index in [4.69, 9.17) is 4.74 Å². The van der Waals surface area contributed by atoms with Crippen LogP contribution in [0.5, 0.6) is 0 Å². The maximum absolute atomic E-state index is 13.2. The number of methoxy groups -OCH3 is 1. The highest BCUT2D eigenvalue weighted by Gasteiger charge is 2.59. The van der Waals surface area contributed by atoms with Crippen molar-refractivity contribution < 1.29 is 9.53 Å².